The van der Waals surface area contributed by atoms with E-state index in [0.717, 1.165) is 17.7 Å². The van der Waals surface area contributed by atoms with Crippen LogP contribution < -0.4 is 15.0 Å². The Morgan fingerprint density at radius 3 is 2.55 bits per heavy atom. The molecule has 2 heterocycles. The molecule has 9 nitrogen and oxygen atoms in total. The summed E-state index contributed by atoms with van der Waals surface area (Å²) in [7, 11) is 0. The molecule has 0 radical (unpaired) electrons. The van der Waals surface area contributed by atoms with Crippen LogP contribution in [0.1, 0.15) is 54.2 Å². The van der Waals surface area contributed by atoms with Gasteiger partial charge in [0.25, 0.3) is 0 Å². The fourth-order valence-electron chi connectivity index (χ4n) is 5.54. The lowest BCUT2D eigenvalue weighted by Gasteiger charge is -2.29. The standard InChI is InChI=1S/C29H28N2O7/c1-14-25(35)23(16(3)32)27-24(26(14)36)29(4)20(38-27)13-19(33)22(28(29)37)15(2)30-11-9-21(34)31-12-10-17-7-5-6-8-18(17)31/h5-8,13,30,35-36H,9-12H2,1-4H3. The third-order valence-electron chi connectivity index (χ3n) is 7.68. The van der Waals surface area contributed by atoms with Gasteiger partial charge >= 0.3 is 0 Å². The second-order valence-corrected chi connectivity index (χ2v) is 9.99. The van der Waals surface area contributed by atoms with E-state index in [1.54, 1.807) is 11.8 Å². The zero-order valence-corrected chi connectivity index (χ0v) is 21.6. The Balaban J connectivity index is 1.42. The van der Waals surface area contributed by atoms with Crippen LogP contribution in [0.5, 0.6) is 17.2 Å². The van der Waals surface area contributed by atoms with Crippen molar-refractivity contribution in [3.8, 4) is 17.2 Å². The van der Waals surface area contributed by atoms with E-state index < -0.39 is 28.5 Å². The number of ketones is 3. The third kappa shape index (κ3) is 3.53. The Bertz CT molecular complexity index is 1520. The number of aromatic hydroxyl groups is 2. The number of anilines is 1. The minimum atomic E-state index is -1.58. The molecule has 1 unspecified atom stereocenters. The summed E-state index contributed by atoms with van der Waals surface area (Å²) in [4.78, 5) is 53.8. The van der Waals surface area contributed by atoms with Crippen molar-refractivity contribution in [2.24, 2.45) is 0 Å². The van der Waals surface area contributed by atoms with Crippen LogP contribution in [0.4, 0.5) is 5.69 Å². The number of amides is 1. The highest BCUT2D eigenvalue weighted by atomic mass is 16.5. The molecule has 1 aliphatic carbocycles. The van der Waals surface area contributed by atoms with E-state index in [2.05, 4.69) is 5.32 Å². The SMILES string of the molecule is CC(=O)c1c(O)c(C)c(O)c2c1OC1=CC(=O)C(=C(C)NCCC(=O)N3CCc4ccccc43)C(=O)C12C. The molecular weight excluding hydrogens is 488 g/mol. The largest absolute Gasteiger partial charge is 0.507 e. The smallest absolute Gasteiger partial charge is 0.228 e. The molecule has 1 amide bonds. The maximum Gasteiger partial charge on any atom is 0.228 e. The number of phenolic OH excluding ortho intramolecular Hbond substituents is 2. The van der Waals surface area contributed by atoms with Gasteiger partial charge in [-0.2, -0.15) is 0 Å². The van der Waals surface area contributed by atoms with Crippen LogP contribution >= 0.6 is 0 Å². The monoisotopic (exact) mass is 516 g/mol. The van der Waals surface area contributed by atoms with Gasteiger partial charge in [0.1, 0.15) is 34.0 Å². The Kier molecular flexibility index (Phi) is 5.89. The number of nitrogens with zero attached hydrogens (tertiary/aromatic N) is 1. The fraction of sp³-hybridized carbons (Fsp3) is 0.310. The number of Topliss-reactive ketones (excluding diaryl/α,β-unsaturated/α-hetero) is 2. The summed E-state index contributed by atoms with van der Waals surface area (Å²) in [5.41, 5.74) is 0.532. The molecule has 0 fully saturated rings. The predicted molar refractivity (Wildman–Crippen MR) is 138 cm³/mol. The normalized spacial score (nSPS) is 20.8. The van der Waals surface area contributed by atoms with Gasteiger partial charge in [-0.15, -0.1) is 0 Å². The van der Waals surface area contributed by atoms with Crippen molar-refractivity contribution in [2.75, 3.05) is 18.0 Å². The minimum Gasteiger partial charge on any atom is -0.507 e. The highest BCUT2D eigenvalue weighted by Crippen LogP contribution is 2.57. The molecule has 9 heteroatoms. The number of carbonyl (C=O) groups is 4. The van der Waals surface area contributed by atoms with Gasteiger partial charge in [0.05, 0.1) is 11.1 Å². The fourth-order valence-corrected chi connectivity index (χ4v) is 5.54. The summed E-state index contributed by atoms with van der Waals surface area (Å²) < 4.78 is 5.78. The highest BCUT2D eigenvalue weighted by Gasteiger charge is 2.56. The van der Waals surface area contributed by atoms with Crippen LogP contribution in [0.25, 0.3) is 0 Å². The van der Waals surface area contributed by atoms with Gasteiger partial charge in [0.2, 0.25) is 5.91 Å². The molecule has 0 spiro atoms. The van der Waals surface area contributed by atoms with Gasteiger partial charge in [-0.25, -0.2) is 0 Å². The zero-order valence-electron chi connectivity index (χ0n) is 21.6. The topological polar surface area (TPSA) is 133 Å². The molecule has 1 atom stereocenters. The molecule has 196 valence electrons. The minimum absolute atomic E-state index is 0.0234. The van der Waals surface area contributed by atoms with Crippen LogP contribution in [-0.4, -0.2) is 46.6 Å². The van der Waals surface area contributed by atoms with Crippen molar-refractivity contribution in [3.05, 3.63) is 69.6 Å². The maximum atomic E-state index is 13.8. The predicted octanol–water partition coefficient (Wildman–Crippen LogP) is 3.14. The molecule has 38 heavy (non-hydrogen) atoms. The Labute approximate surface area is 219 Å². The molecule has 0 bridgehead atoms. The number of hydrogen-bond donors (Lipinski definition) is 3. The second kappa shape index (κ2) is 8.86. The lowest BCUT2D eigenvalue weighted by atomic mass is 9.70. The van der Waals surface area contributed by atoms with E-state index in [0.29, 0.717) is 12.2 Å². The molecular formula is C29H28N2O7. The van der Waals surface area contributed by atoms with E-state index in [9.17, 15) is 29.4 Å². The van der Waals surface area contributed by atoms with Crippen LogP contribution in [0.3, 0.4) is 0 Å². The van der Waals surface area contributed by atoms with Crippen molar-refractivity contribution >= 4 is 28.9 Å². The molecule has 2 aromatic carbocycles. The zero-order chi connectivity index (χ0) is 27.5. The number of carbonyl (C=O) groups excluding carboxylic acids is 4. The van der Waals surface area contributed by atoms with Crippen LogP contribution in [0.15, 0.2) is 47.4 Å². The van der Waals surface area contributed by atoms with Gasteiger partial charge in [0, 0.05) is 42.5 Å². The number of phenols is 2. The number of ether oxygens (including phenoxy) is 1. The third-order valence-corrected chi connectivity index (χ3v) is 7.68. The van der Waals surface area contributed by atoms with Crippen molar-refractivity contribution in [1.29, 1.82) is 0 Å². The lowest BCUT2D eigenvalue weighted by molar-refractivity contribution is -0.123. The van der Waals surface area contributed by atoms with Crippen LogP contribution in [0.2, 0.25) is 0 Å². The van der Waals surface area contributed by atoms with E-state index >= 15 is 0 Å². The van der Waals surface area contributed by atoms with Gasteiger partial charge in [-0.1, -0.05) is 18.2 Å². The molecule has 2 aromatic rings. The molecule has 0 aromatic heterocycles. The maximum absolute atomic E-state index is 13.8. The first kappa shape index (κ1) is 25.3. The molecule has 0 saturated carbocycles. The first-order valence-corrected chi connectivity index (χ1v) is 12.4. The van der Waals surface area contributed by atoms with E-state index in [1.165, 1.54) is 26.8 Å². The van der Waals surface area contributed by atoms with Crippen molar-refractivity contribution in [3.63, 3.8) is 0 Å². The van der Waals surface area contributed by atoms with Crippen molar-refractivity contribution in [1.82, 2.24) is 5.32 Å². The summed E-state index contributed by atoms with van der Waals surface area (Å²) in [5.74, 6) is -2.75. The van der Waals surface area contributed by atoms with Gasteiger partial charge in [-0.3, -0.25) is 19.2 Å². The summed E-state index contributed by atoms with van der Waals surface area (Å²) in [6.45, 7) is 6.59. The molecule has 2 aliphatic heterocycles. The first-order chi connectivity index (χ1) is 18.0. The van der Waals surface area contributed by atoms with Gasteiger partial charge < -0.3 is 25.2 Å². The number of benzene rings is 2. The van der Waals surface area contributed by atoms with Crippen molar-refractivity contribution in [2.45, 2.75) is 46.0 Å². The van der Waals surface area contributed by atoms with E-state index in [1.807, 2.05) is 24.3 Å². The van der Waals surface area contributed by atoms with Crippen LogP contribution in [0, 0.1) is 6.92 Å². The Morgan fingerprint density at radius 2 is 1.84 bits per heavy atom. The summed E-state index contributed by atoms with van der Waals surface area (Å²) in [5, 5.41) is 24.4. The van der Waals surface area contributed by atoms with Gasteiger partial charge in [0.15, 0.2) is 17.3 Å². The number of allylic oxidation sites excluding steroid dienone is 4. The van der Waals surface area contributed by atoms with Gasteiger partial charge in [-0.05, 0) is 45.7 Å². The second-order valence-electron chi connectivity index (χ2n) is 9.99. The number of para-hydroxylation sites is 1. The van der Waals surface area contributed by atoms with Crippen LogP contribution in [-0.2, 0) is 26.2 Å². The average Bonchev–Trinajstić information content (AvgIpc) is 3.42. The number of nitrogens with one attached hydrogen (secondary N) is 1. The Morgan fingerprint density at radius 1 is 1.13 bits per heavy atom. The summed E-state index contributed by atoms with van der Waals surface area (Å²) in [6.07, 6.45) is 2.13. The lowest BCUT2D eigenvalue weighted by Crippen LogP contribution is -2.41. The Hall–Kier alpha value is -4.40. The summed E-state index contributed by atoms with van der Waals surface area (Å²) in [6, 6.07) is 7.76. The van der Waals surface area contributed by atoms with Crippen molar-refractivity contribution < 1.29 is 34.1 Å². The molecule has 0 saturated heterocycles. The summed E-state index contributed by atoms with van der Waals surface area (Å²) >= 11 is 0. The quantitative estimate of drug-likeness (QED) is 0.314. The molecule has 3 N–H and O–H groups in total. The first-order valence-electron chi connectivity index (χ1n) is 12.4. The molecule has 3 aliphatic rings. The average molecular weight is 517 g/mol. The highest BCUT2D eigenvalue weighted by molar-refractivity contribution is 6.31. The number of hydrogen-bond acceptors (Lipinski definition) is 8. The molecule has 5 rings (SSSR count). The number of fused-ring (bicyclic) bond motifs is 4. The van der Waals surface area contributed by atoms with E-state index in [4.69, 9.17) is 4.74 Å². The number of rotatable bonds is 5. The van der Waals surface area contributed by atoms with E-state index in [-0.39, 0.29) is 58.4 Å².